The molecule has 1 heterocycles. The molecule has 1 aliphatic carbocycles. The normalized spacial score (nSPS) is 38.1. The Labute approximate surface area is 76.5 Å². The lowest BCUT2D eigenvalue weighted by Crippen LogP contribution is -2.43. The number of aliphatic carboxylic acids is 1. The third-order valence-electron chi connectivity index (χ3n) is 3.30. The van der Waals surface area contributed by atoms with Gasteiger partial charge in [0.2, 0.25) is 5.91 Å². The Morgan fingerprint density at radius 2 is 2.23 bits per heavy atom. The molecule has 1 saturated heterocycles. The Hall–Kier alpha value is -1.06. The summed E-state index contributed by atoms with van der Waals surface area (Å²) in [7, 11) is 1.71. The number of carboxylic acids is 1. The number of nitrogens with zero attached hydrogens (tertiary/aromatic N) is 1. The number of likely N-dealkylation sites (tertiary alicyclic amines) is 1. The average molecular weight is 183 g/mol. The van der Waals surface area contributed by atoms with Crippen molar-refractivity contribution in [1.29, 1.82) is 0 Å². The van der Waals surface area contributed by atoms with Crippen LogP contribution in [0.3, 0.4) is 0 Å². The highest BCUT2D eigenvalue weighted by Gasteiger charge is 2.46. The number of rotatable bonds is 1. The van der Waals surface area contributed by atoms with Gasteiger partial charge in [0, 0.05) is 19.5 Å². The van der Waals surface area contributed by atoms with E-state index in [4.69, 9.17) is 5.11 Å². The zero-order chi connectivity index (χ0) is 9.59. The molecule has 1 saturated carbocycles. The molecule has 0 aromatic rings. The van der Waals surface area contributed by atoms with Crippen LogP contribution in [0.15, 0.2) is 0 Å². The van der Waals surface area contributed by atoms with Gasteiger partial charge < -0.3 is 10.0 Å². The van der Waals surface area contributed by atoms with E-state index in [2.05, 4.69) is 0 Å². The highest BCUT2D eigenvalue weighted by atomic mass is 16.4. The summed E-state index contributed by atoms with van der Waals surface area (Å²) in [6.45, 7) is 0. The number of carboxylic acid groups (broad SMARTS) is 1. The van der Waals surface area contributed by atoms with Gasteiger partial charge in [0.15, 0.2) is 0 Å². The minimum absolute atomic E-state index is 0.0521. The quantitative estimate of drug-likeness (QED) is 0.637. The van der Waals surface area contributed by atoms with Crippen LogP contribution in [0.2, 0.25) is 0 Å². The molecule has 3 atom stereocenters. The van der Waals surface area contributed by atoms with Crippen LogP contribution in [0.25, 0.3) is 0 Å². The lowest BCUT2D eigenvalue weighted by molar-refractivity contribution is -0.144. The molecular weight excluding hydrogens is 170 g/mol. The summed E-state index contributed by atoms with van der Waals surface area (Å²) in [5.74, 6) is -0.671. The number of fused-ring (bicyclic) bond motifs is 2. The van der Waals surface area contributed by atoms with E-state index < -0.39 is 5.97 Å². The van der Waals surface area contributed by atoms with E-state index in [0.29, 0.717) is 18.8 Å². The van der Waals surface area contributed by atoms with Gasteiger partial charge in [0.1, 0.15) is 0 Å². The lowest BCUT2D eigenvalue weighted by Gasteiger charge is -2.30. The maximum atomic E-state index is 11.4. The van der Waals surface area contributed by atoms with Gasteiger partial charge in [-0.15, -0.1) is 0 Å². The minimum Gasteiger partial charge on any atom is -0.481 e. The largest absolute Gasteiger partial charge is 0.481 e. The standard InChI is InChI=1S/C9H13NO3/c1-10-7-3-5(4-8(10)11)2-6(7)9(12)13/h5-7H,2-4H2,1H3,(H,12,13). The second-order valence-corrected chi connectivity index (χ2v) is 4.06. The van der Waals surface area contributed by atoms with E-state index in [1.165, 1.54) is 0 Å². The predicted octanol–water partition coefficient (Wildman–Crippen LogP) is 0.328. The SMILES string of the molecule is CN1C(=O)CC2CC(C(=O)O)C1C2. The van der Waals surface area contributed by atoms with Gasteiger partial charge in [-0.05, 0) is 18.8 Å². The summed E-state index contributed by atoms with van der Waals surface area (Å²) in [6.07, 6.45) is 2.09. The van der Waals surface area contributed by atoms with E-state index in [9.17, 15) is 9.59 Å². The van der Waals surface area contributed by atoms with Crippen molar-refractivity contribution in [2.45, 2.75) is 25.3 Å². The first-order valence-corrected chi connectivity index (χ1v) is 4.58. The van der Waals surface area contributed by atoms with Crippen LogP contribution in [0.4, 0.5) is 0 Å². The molecular formula is C9H13NO3. The molecule has 72 valence electrons. The van der Waals surface area contributed by atoms with Crippen LogP contribution in [0, 0.1) is 11.8 Å². The molecule has 4 nitrogen and oxygen atoms in total. The Morgan fingerprint density at radius 1 is 1.54 bits per heavy atom. The smallest absolute Gasteiger partial charge is 0.308 e. The number of carbonyl (C=O) groups excluding carboxylic acids is 1. The van der Waals surface area contributed by atoms with E-state index >= 15 is 0 Å². The third-order valence-corrected chi connectivity index (χ3v) is 3.30. The molecule has 1 N–H and O–H groups in total. The monoisotopic (exact) mass is 183 g/mol. The fourth-order valence-electron chi connectivity index (χ4n) is 2.55. The molecule has 2 fully saturated rings. The summed E-state index contributed by atoms with van der Waals surface area (Å²) in [5.41, 5.74) is 0. The van der Waals surface area contributed by atoms with Crippen LogP contribution in [0.5, 0.6) is 0 Å². The summed E-state index contributed by atoms with van der Waals surface area (Å²) in [5, 5.41) is 8.93. The summed E-state index contributed by atoms with van der Waals surface area (Å²) in [4.78, 5) is 23.8. The van der Waals surface area contributed by atoms with E-state index in [1.54, 1.807) is 11.9 Å². The molecule has 0 radical (unpaired) electrons. The molecule has 1 aliphatic heterocycles. The molecule has 4 heteroatoms. The first-order chi connectivity index (χ1) is 6.09. The van der Waals surface area contributed by atoms with Crippen molar-refractivity contribution in [2.75, 3.05) is 7.05 Å². The first kappa shape index (κ1) is 8.53. The van der Waals surface area contributed by atoms with Crippen molar-refractivity contribution >= 4 is 11.9 Å². The topological polar surface area (TPSA) is 57.6 Å². The number of amides is 1. The van der Waals surface area contributed by atoms with Crippen molar-refractivity contribution in [1.82, 2.24) is 4.90 Å². The maximum absolute atomic E-state index is 11.4. The highest BCUT2D eigenvalue weighted by Crippen LogP contribution is 2.40. The van der Waals surface area contributed by atoms with Gasteiger partial charge in [0.05, 0.1) is 5.92 Å². The van der Waals surface area contributed by atoms with Crippen LogP contribution in [-0.2, 0) is 9.59 Å². The van der Waals surface area contributed by atoms with Crippen LogP contribution in [0.1, 0.15) is 19.3 Å². The van der Waals surface area contributed by atoms with Gasteiger partial charge in [-0.25, -0.2) is 0 Å². The number of hydrogen-bond acceptors (Lipinski definition) is 2. The van der Waals surface area contributed by atoms with Crippen molar-refractivity contribution in [3.05, 3.63) is 0 Å². The number of piperidine rings is 1. The van der Waals surface area contributed by atoms with Gasteiger partial charge in [-0.1, -0.05) is 0 Å². The Bertz CT molecular complexity index is 264. The summed E-state index contributed by atoms with van der Waals surface area (Å²) in [6, 6.07) is -0.0521. The minimum atomic E-state index is -0.756. The van der Waals surface area contributed by atoms with Crippen molar-refractivity contribution in [2.24, 2.45) is 11.8 Å². The Morgan fingerprint density at radius 3 is 2.85 bits per heavy atom. The highest BCUT2D eigenvalue weighted by molar-refractivity contribution is 5.80. The van der Waals surface area contributed by atoms with Crippen LogP contribution >= 0.6 is 0 Å². The van der Waals surface area contributed by atoms with E-state index in [-0.39, 0.29) is 17.9 Å². The molecule has 2 rings (SSSR count). The maximum Gasteiger partial charge on any atom is 0.308 e. The molecule has 3 unspecified atom stereocenters. The second kappa shape index (κ2) is 2.72. The molecule has 0 spiro atoms. The fourth-order valence-corrected chi connectivity index (χ4v) is 2.55. The second-order valence-electron chi connectivity index (χ2n) is 4.06. The molecule has 0 aromatic carbocycles. The number of hydrogen-bond donors (Lipinski definition) is 1. The fraction of sp³-hybridized carbons (Fsp3) is 0.778. The van der Waals surface area contributed by atoms with Gasteiger partial charge in [-0.2, -0.15) is 0 Å². The van der Waals surface area contributed by atoms with E-state index in [1.807, 2.05) is 0 Å². The summed E-state index contributed by atoms with van der Waals surface area (Å²) >= 11 is 0. The van der Waals surface area contributed by atoms with Crippen LogP contribution < -0.4 is 0 Å². The van der Waals surface area contributed by atoms with Gasteiger partial charge in [0.25, 0.3) is 0 Å². The molecule has 1 amide bonds. The summed E-state index contributed by atoms with van der Waals surface area (Å²) < 4.78 is 0. The molecule has 2 aliphatic rings. The van der Waals surface area contributed by atoms with Crippen LogP contribution in [-0.4, -0.2) is 35.0 Å². The van der Waals surface area contributed by atoms with Gasteiger partial charge >= 0.3 is 5.97 Å². The third kappa shape index (κ3) is 1.20. The van der Waals surface area contributed by atoms with E-state index in [0.717, 1.165) is 6.42 Å². The zero-order valence-electron chi connectivity index (χ0n) is 7.56. The Balaban J connectivity index is 2.21. The van der Waals surface area contributed by atoms with Crippen molar-refractivity contribution in [3.63, 3.8) is 0 Å². The molecule has 13 heavy (non-hydrogen) atoms. The lowest BCUT2D eigenvalue weighted by atomic mass is 9.99. The average Bonchev–Trinajstić information content (AvgIpc) is 2.41. The van der Waals surface area contributed by atoms with Crippen molar-refractivity contribution < 1.29 is 14.7 Å². The predicted molar refractivity (Wildman–Crippen MR) is 45.0 cm³/mol. The Kier molecular flexibility index (Phi) is 1.78. The molecule has 0 aromatic heterocycles. The first-order valence-electron chi connectivity index (χ1n) is 4.58. The van der Waals surface area contributed by atoms with Crippen molar-refractivity contribution in [3.8, 4) is 0 Å². The molecule has 2 bridgehead atoms. The van der Waals surface area contributed by atoms with Gasteiger partial charge in [-0.3, -0.25) is 9.59 Å². The number of carbonyl (C=O) groups is 2. The zero-order valence-corrected chi connectivity index (χ0v) is 7.56.